The number of nitrogens with one attached hydrogen (secondary N) is 1. The third-order valence-corrected chi connectivity index (χ3v) is 2.04. The first-order valence-electron chi connectivity index (χ1n) is 4.69. The highest BCUT2D eigenvalue weighted by Gasteiger charge is 2.03. The Morgan fingerprint density at radius 3 is 2.75 bits per heavy atom. The molecule has 5 heteroatoms. The predicted molar refractivity (Wildman–Crippen MR) is 55.7 cm³/mol. The van der Waals surface area contributed by atoms with Crippen LogP contribution in [0.15, 0.2) is 36.8 Å². The summed E-state index contributed by atoms with van der Waals surface area (Å²) in [6, 6.07) is 3.47. The minimum Gasteiger partial charge on any atom is -0.365 e. The molecule has 3 nitrogen and oxygen atoms in total. The van der Waals surface area contributed by atoms with E-state index in [0.29, 0.717) is 11.4 Å². The van der Waals surface area contributed by atoms with Gasteiger partial charge in [-0.1, -0.05) is 6.07 Å². The van der Waals surface area contributed by atoms with Gasteiger partial charge in [-0.05, 0) is 6.07 Å². The van der Waals surface area contributed by atoms with Gasteiger partial charge in [-0.15, -0.1) is 0 Å². The van der Waals surface area contributed by atoms with Crippen LogP contribution in [0.2, 0.25) is 0 Å². The molecule has 2 rings (SSSR count). The second kappa shape index (κ2) is 4.65. The maximum absolute atomic E-state index is 13.2. The summed E-state index contributed by atoms with van der Waals surface area (Å²) in [5, 5.41) is 2.89. The molecule has 0 spiro atoms. The van der Waals surface area contributed by atoms with Crippen molar-refractivity contribution >= 4 is 5.82 Å². The highest BCUT2D eigenvalue weighted by molar-refractivity contribution is 5.32. The van der Waals surface area contributed by atoms with E-state index in [0.717, 1.165) is 6.07 Å². The lowest BCUT2D eigenvalue weighted by atomic mass is 10.2. The van der Waals surface area contributed by atoms with Crippen LogP contribution in [-0.4, -0.2) is 9.97 Å². The van der Waals surface area contributed by atoms with Crippen LogP contribution >= 0.6 is 0 Å². The molecule has 1 heterocycles. The Morgan fingerprint density at radius 1 is 1.19 bits per heavy atom. The first-order chi connectivity index (χ1) is 7.75. The highest BCUT2D eigenvalue weighted by Crippen LogP contribution is 2.11. The van der Waals surface area contributed by atoms with Crippen LogP contribution in [0.4, 0.5) is 14.6 Å². The van der Waals surface area contributed by atoms with E-state index in [9.17, 15) is 8.78 Å². The second-order valence-electron chi connectivity index (χ2n) is 3.18. The summed E-state index contributed by atoms with van der Waals surface area (Å²) in [6.45, 7) is 0.241. The van der Waals surface area contributed by atoms with E-state index < -0.39 is 11.6 Å². The van der Waals surface area contributed by atoms with Crippen molar-refractivity contribution in [1.82, 2.24) is 9.97 Å². The van der Waals surface area contributed by atoms with E-state index in [1.165, 1.54) is 24.5 Å². The molecule has 1 N–H and O–H groups in total. The summed E-state index contributed by atoms with van der Waals surface area (Å²) in [6.07, 6.45) is 4.61. The van der Waals surface area contributed by atoms with Gasteiger partial charge in [-0.25, -0.2) is 13.8 Å². The number of anilines is 1. The van der Waals surface area contributed by atoms with Crippen LogP contribution in [0, 0.1) is 11.6 Å². The van der Waals surface area contributed by atoms with Crippen molar-refractivity contribution < 1.29 is 8.78 Å². The molecule has 16 heavy (non-hydrogen) atoms. The van der Waals surface area contributed by atoms with Crippen molar-refractivity contribution in [2.45, 2.75) is 6.54 Å². The van der Waals surface area contributed by atoms with Gasteiger partial charge >= 0.3 is 0 Å². The van der Waals surface area contributed by atoms with Gasteiger partial charge in [0.05, 0.1) is 6.20 Å². The van der Waals surface area contributed by atoms with Gasteiger partial charge in [0.25, 0.3) is 0 Å². The smallest absolute Gasteiger partial charge is 0.144 e. The number of hydrogen-bond acceptors (Lipinski definition) is 3. The fourth-order valence-electron chi connectivity index (χ4n) is 1.24. The molecule has 0 unspecified atom stereocenters. The largest absolute Gasteiger partial charge is 0.365 e. The highest BCUT2D eigenvalue weighted by atomic mass is 19.1. The molecule has 1 aromatic heterocycles. The lowest BCUT2D eigenvalue weighted by molar-refractivity contribution is 0.574. The number of hydrogen-bond donors (Lipinski definition) is 1. The quantitative estimate of drug-likeness (QED) is 0.864. The lowest BCUT2D eigenvalue weighted by Gasteiger charge is -2.05. The van der Waals surface area contributed by atoms with Crippen molar-refractivity contribution in [3.8, 4) is 0 Å². The van der Waals surface area contributed by atoms with Gasteiger partial charge in [0, 0.05) is 30.6 Å². The van der Waals surface area contributed by atoms with Crippen molar-refractivity contribution in [2.24, 2.45) is 0 Å². The molecular formula is C11H9F2N3. The third kappa shape index (κ3) is 2.50. The molecule has 0 saturated heterocycles. The fourth-order valence-corrected chi connectivity index (χ4v) is 1.24. The van der Waals surface area contributed by atoms with E-state index in [2.05, 4.69) is 15.3 Å². The standard InChI is InChI=1S/C11H9F2N3/c12-9-2-1-8(10(13)5-9)6-16-11-7-14-3-4-15-11/h1-5,7H,6H2,(H,15,16). The van der Waals surface area contributed by atoms with Crippen LogP contribution < -0.4 is 5.32 Å². The number of rotatable bonds is 3. The van der Waals surface area contributed by atoms with E-state index in [1.807, 2.05) is 0 Å². The first-order valence-corrected chi connectivity index (χ1v) is 4.69. The average molecular weight is 221 g/mol. The minimum atomic E-state index is -0.583. The zero-order valence-corrected chi connectivity index (χ0v) is 8.32. The van der Waals surface area contributed by atoms with Crippen LogP contribution in [0.3, 0.4) is 0 Å². The molecule has 2 aromatic rings. The number of aromatic nitrogens is 2. The zero-order valence-electron chi connectivity index (χ0n) is 8.32. The van der Waals surface area contributed by atoms with Crippen LogP contribution in [-0.2, 0) is 6.54 Å². The molecule has 0 aliphatic carbocycles. The Balaban J connectivity index is 2.05. The minimum absolute atomic E-state index is 0.241. The monoisotopic (exact) mass is 221 g/mol. The Morgan fingerprint density at radius 2 is 2.06 bits per heavy atom. The van der Waals surface area contributed by atoms with Gasteiger partial charge in [-0.3, -0.25) is 4.98 Å². The summed E-state index contributed by atoms with van der Waals surface area (Å²) in [5.74, 6) is -0.608. The van der Waals surface area contributed by atoms with Crippen molar-refractivity contribution in [1.29, 1.82) is 0 Å². The molecule has 0 fully saturated rings. The predicted octanol–water partition coefficient (Wildman–Crippen LogP) is 2.37. The van der Waals surface area contributed by atoms with E-state index >= 15 is 0 Å². The van der Waals surface area contributed by atoms with E-state index in [1.54, 1.807) is 6.20 Å². The van der Waals surface area contributed by atoms with Gasteiger partial charge in [0.2, 0.25) is 0 Å². The fraction of sp³-hybridized carbons (Fsp3) is 0.0909. The molecule has 0 saturated carbocycles. The summed E-state index contributed by atoms with van der Waals surface area (Å²) >= 11 is 0. The van der Waals surface area contributed by atoms with Crippen LogP contribution in [0.25, 0.3) is 0 Å². The Labute approximate surface area is 91.2 Å². The van der Waals surface area contributed by atoms with Crippen molar-refractivity contribution in [2.75, 3.05) is 5.32 Å². The molecule has 0 amide bonds. The van der Waals surface area contributed by atoms with Crippen LogP contribution in [0.1, 0.15) is 5.56 Å². The number of halogens is 2. The van der Waals surface area contributed by atoms with Gasteiger partial charge in [0.15, 0.2) is 0 Å². The van der Waals surface area contributed by atoms with Gasteiger partial charge < -0.3 is 5.32 Å². The van der Waals surface area contributed by atoms with E-state index in [-0.39, 0.29) is 6.54 Å². The van der Waals surface area contributed by atoms with Crippen molar-refractivity contribution in [3.63, 3.8) is 0 Å². The Hall–Kier alpha value is -2.04. The Bertz CT molecular complexity index is 474. The topological polar surface area (TPSA) is 37.8 Å². The molecule has 0 radical (unpaired) electrons. The molecule has 0 aliphatic heterocycles. The lowest BCUT2D eigenvalue weighted by Crippen LogP contribution is -2.03. The SMILES string of the molecule is Fc1ccc(CNc2cnccn2)c(F)c1. The van der Waals surface area contributed by atoms with Crippen molar-refractivity contribution in [3.05, 3.63) is 54.0 Å². The molecule has 0 bridgehead atoms. The van der Waals surface area contributed by atoms with E-state index in [4.69, 9.17) is 0 Å². The summed E-state index contributed by atoms with van der Waals surface area (Å²) in [7, 11) is 0. The molecule has 0 aliphatic rings. The summed E-state index contributed by atoms with van der Waals surface area (Å²) in [5.41, 5.74) is 0.382. The summed E-state index contributed by atoms with van der Waals surface area (Å²) < 4.78 is 25.9. The molecule has 82 valence electrons. The van der Waals surface area contributed by atoms with Gasteiger partial charge in [-0.2, -0.15) is 0 Å². The zero-order chi connectivity index (χ0) is 11.4. The molecule has 1 aromatic carbocycles. The maximum Gasteiger partial charge on any atom is 0.144 e. The average Bonchev–Trinajstić information content (AvgIpc) is 2.29. The normalized spacial score (nSPS) is 10.1. The molecular weight excluding hydrogens is 212 g/mol. The third-order valence-electron chi connectivity index (χ3n) is 2.04. The Kier molecular flexibility index (Phi) is 3.05. The van der Waals surface area contributed by atoms with Gasteiger partial charge in [0.1, 0.15) is 17.5 Å². The number of nitrogens with zero attached hydrogens (tertiary/aromatic N) is 2. The second-order valence-corrected chi connectivity index (χ2v) is 3.18. The maximum atomic E-state index is 13.2. The summed E-state index contributed by atoms with van der Waals surface area (Å²) in [4.78, 5) is 7.83. The molecule has 0 atom stereocenters. The first kappa shape index (κ1) is 10.5. The number of benzene rings is 1. The van der Waals surface area contributed by atoms with Crippen LogP contribution in [0.5, 0.6) is 0 Å².